The van der Waals surface area contributed by atoms with E-state index < -0.39 is 0 Å². The summed E-state index contributed by atoms with van der Waals surface area (Å²) in [6.45, 7) is 2.46. The Hall–Kier alpha value is -4.26. The summed E-state index contributed by atoms with van der Waals surface area (Å²) in [5, 5.41) is 2.84. The molecule has 7 nitrogen and oxygen atoms in total. The van der Waals surface area contributed by atoms with Crippen molar-refractivity contribution in [2.45, 2.75) is 6.92 Å². The van der Waals surface area contributed by atoms with E-state index in [-0.39, 0.29) is 5.91 Å². The van der Waals surface area contributed by atoms with E-state index in [9.17, 15) is 4.79 Å². The number of nitrogens with one attached hydrogen (secondary N) is 1. The van der Waals surface area contributed by atoms with Crippen LogP contribution in [0.4, 0.5) is 5.69 Å². The predicted octanol–water partition coefficient (Wildman–Crippen LogP) is 5.56. The first-order chi connectivity index (χ1) is 16.1. The number of methoxy groups -OCH3 is 2. The first-order valence-corrected chi connectivity index (χ1v) is 10.4. The molecule has 4 rings (SSSR count). The summed E-state index contributed by atoms with van der Waals surface area (Å²) in [6.07, 6.45) is 3.17. The maximum atomic E-state index is 12.4. The zero-order valence-corrected chi connectivity index (χ0v) is 18.6. The van der Waals surface area contributed by atoms with Gasteiger partial charge in [0, 0.05) is 23.4 Å². The van der Waals surface area contributed by atoms with Gasteiger partial charge in [0.05, 0.1) is 20.8 Å². The molecule has 0 spiro atoms. The molecular formula is C26H24N2O5. The molecule has 33 heavy (non-hydrogen) atoms. The van der Waals surface area contributed by atoms with E-state index in [1.165, 1.54) is 6.08 Å². The van der Waals surface area contributed by atoms with Crippen LogP contribution >= 0.6 is 0 Å². The van der Waals surface area contributed by atoms with Crippen molar-refractivity contribution >= 4 is 28.8 Å². The number of aromatic nitrogens is 1. The highest BCUT2D eigenvalue weighted by Gasteiger charge is 2.10. The number of oxazole rings is 1. The summed E-state index contributed by atoms with van der Waals surface area (Å²) >= 11 is 0. The number of nitrogens with zero attached hydrogens (tertiary/aromatic N) is 1. The van der Waals surface area contributed by atoms with Crippen molar-refractivity contribution in [2.24, 2.45) is 0 Å². The van der Waals surface area contributed by atoms with E-state index in [2.05, 4.69) is 10.3 Å². The summed E-state index contributed by atoms with van der Waals surface area (Å²) < 4.78 is 21.9. The Balaban J connectivity index is 1.46. The Bertz CT molecular complexity index is 1290. The van der Waals surface area contributed by atoms with Crippen molar-refractivity contribution in [3.05, 3.63) is 72.3 Å². The number of amides is 1. The van der Waals surface area contributed by atoms with Gasteiger partial charge in [-0.05, 0) is 67.1 Å². The van der Waals surface area contributed by atoms with E-state index in [0.29, 0.717) is 40.8 Å². The van der Waals surface area contributed by atoms with Crippen LogP contribution < -0.4 is 19.5 Å². The maximum absolute atomic E-state index is 12.4. The molecule has 0 radical (unpaired) electrons. The average Bonchev–Trinajstić information content (AvgIpc) is 3.27. The van der Waals surface area contributed by atoms with Crippen LogP contribution in [0.15, 0.2) is 71.2 Å². The lowest BCUT2D eigenvalue weighted by atomic mass is 10.2. The van der Waals surface area contributed by atoms with E-state index in [0.717, 1.165) is 16.9 Å². The Morgan fingerprint density at radius 1 is 1.00 bits per heavy atom. The lowest BCUT2D eigenvalue weighted by molar-refractivity contribution is -0.111. The first-order valence-electron chi connectivity index (χ1n) is 10.4. The standard InChI is InChI=1S/C26H24N2O5/c1-4-32-22-13-5-17(15-24(22)31-3)6-14-25(29)27-19-9-12-21-23(16-19)33-26(28-21)18-7-10-20(30-2)11-8-18/h5-16H,4H2,1-3H3,(H,27,29)/b14-6+. The third-order valence-corrected chi connectivity index (χ3v) is 4.91. The Kier molecular flexibility index (Phi) is 6.59. The highest BCUT2D eigenvalue weighted by atomic mass is 16.5. The van der Waals surface area contributed by atoms with Gasteiger partial charge in [-0.2, -0.15) is 0 Å². The van der Waals surface area contributed by atoms with E-state index in [1.807, 2.05) is 55.5 Å². The van der Waals surface area contributed by atoms with Crippen LogP contribution in [-0.2, 0) is 4.79 Å². The molecule has 1 aromatic heterocycles. The number of ether oxygens (including phenoxy) is 3. The van der Waals surface area contributed by atoms with Crippen LogP contribution in [0.5, 0.6) is 17.2 Å². The largest absolute Gasteiger partial charge is 0.497 e. The topological polar surface area (TPSA) is 82.8 Å². The molecule has 1 amide bonds. The number of rotatable bonds is 8. The minimum Gasteiger partial charge on any atom is -0.497 e. The van der Waals surface area contributed by atoms with Gasteiger partial charge in [0.1, 0.15) is 11.3 Å². The second kappa shape index (κ2) is 9.91. The van der Waals surface area contributed by atoms with Crippen LogP contribution in [0.2, 0.25) is 0 Å². The molecule has 3 aromatic carbocycles. The first kappa shape index (κ1) is 22.0. The number of benzene rings is 3. The molecule has 0 aliphatic rings. The molecule has 1 heterocycles. The SMILES string of the molecule is CCOc1ccc(/C=C/C(=O)Nc2ccc3nc(-c4ccc(OC)cc4)oc3c2)cc1OC. The molecule has 1 N–H and O–H groups in total. The predicted molar refractivity (Wildman–Crippen MR) is 128 cm³/mol. The van der Waals surface area contributed by atoms with Crippen LogP contribution in [0.3, 0.4) is 0 Å². The highest BCUT2D eigenvalue weighted by molar-refractivity contribution is 6.02. The lowest BCUT2D eigenvalue weighted by Gasteiger charge is -2.09. The van der Waals surface area contributed by atoms with Crippen molar-refractivity contribution in [3.63, 3.8) is 0 Å². The minimum absolute atomic E-state index is 0.267. The van der Waals surface area contributed by atoms with Crippen molar-refractivity contribution in [1.82, 2.24) is 4.98 Å². The zero-order valence-electron chi connectivity index (χ0n) is 18.6. The minimum atomic E-state index is -0.267. The fraction of sp³-hybridized carbons (Fsp3) is 0.154. The van der Waals surface area contributed by atoms with Gasteiger partial charge in [-0.1, -0.05) is 6.07 Å². The number of fused-ring (bicyclic) bond motifs is 1. The van der Waals surface area contributed by atoms with Crippen molar-refractivity contribution in [1.29, 1.82) is 0 Å². The third-order valence-electron chi connectivity index (χ3n) is 4.91. The van der Waals surface area contributed by atoms with Gasteiger partial charge in [0.25, 0.3) is 0 Å². The highest BCUT2D eigenvalue weighted by Crippen LogP contribution is 2.29. The van der Waals surface area contributed by atoms with Gasteiger partial charge >= 0.3 is 0 Å². The van der Waals surface area contributed by atoms with Crippen LogP contribution in [0.1, 0.15) is 12.5 Å². The molecular weight excluding hydrogens is 420 g/mol. The van der Waals surface area contributed by atoms with Gasteiger partial charge < -0.3 is 23.9 Å². The average molecular weight is 444 g/mol. The van der Waals surface area contributed by atoms with Crippen LogP contribution in [-0.4, -0.2) is 31.7 Å². The van der Waals surface area contributed by atoms with E-state index in [4.69, 9.17) is 18.6 Å². The quantitative estimate of drug-likeness (QED) is 0.358. The maximum Gasteiger partial charge on any atom is 0.248 e. The van der Waals surface area contributed by atoms with Gasteiger partial charge in [0.15, 0.2) is 17.1 Å². The Morgan fingerprint density at radius 3 is 2.55 bits per heavy atom. The van der Waals surface area contributed by atoms with Crippen molar-refractivity contribution in [2.75, 3.05) is 26.1 Å². The second-order valence-electron chi connectivity index (χ2n) is 7.10. The lowest BCUT2D eigenvalue weighted by Crippen LogP contribution is -2.07. The number of anilines is 1. The van der Waals surface area contributed by atoms with Gasteiger partial charge in [-0.3, -0.25) is 4.79 Å². The molecule has 0 bridgehead atoms. The molecule has 168 valence electrons. The van der Waals surface area contributed by atoms with Gasteiger partial charge in [-0.15, -0.1) is 0 Å². The molecule has 0 aliphatic heterocycles. The Labute approximate surface area is 191 Å². The zero-order chi connectivity index (χ0) is 23.2. The van der Waals surface area contributed by atoms with E-state index >= 15 is 0 Å². The van der Waals surface area contributed by atoms with Crippen LogP contribution in [0, 0.1) is 0 Å². The third kappa shape index (κ3) is 5.15. The monoisotopic (exact) mass is 444 g/mol. The molecule has 0 fully saturated rings. The van der Waals surface area contributed by atoms with Crippen molar-refractivity contribution in [3.8, 4) is 28.7 Å². The number of carbonyl (C=O) groups excluding carboxylic acids is 1. The molecule has 0 saturated carbocycles. The summed E-state index contributed by atoms with van der Waals surface area (Å²) in [7, 11) is 3.20. The molecule has 0 saturated heterocycles. The summed E-state index contributed by atoms with van der Waals surface area (Å²) in [4.78, 5) is 16.9. The number of hydrogen-bond donors (Lipinski definition) is 1. The van der Waals surface area contributed by atoms with Crippen LogP contribution in [0.25, 0.3) is 28.6 Å². The number of carbonyl (C=O) groups is 1. The summed E-state index contributed by atoms with van der Waals surface area (Å²) in [5.74, 6) is 2.27. The van der Waals surface area contributed by atoms with Crippen molar-refractivity contribution < 1.29 is 23.4 Å². The van der Waals surface area contributed by atoms with Gasteiger partial charge in [0.2, 0.25) is 11.8 Å². The smallest absolute Gasteiger partial charge is 0.248 e. The molecule has 7 heteroatoms. The summed E-state index contributed by atoms with van der Waals surface area (Å²) in [5.41, 5.74) is 3.56. The molecule has 0 unspecified atom stereocenters. The van der Waals surface area contributed by atoms with Gasteiger partial charge in [-0.25, -0.2) is 4.98 Å². The molecule has 0 aliphatic carbocycles. The fourth-order valence-electron chi connectivity index (χ4n) is 3.28. The molecule has 0 atom stereocenters. The number of hydrogen-bond acceptors (Lipinski definition) is 6. The molecule has 4 aromatic rings. The summed E-state index contributed by atoms with van der Waals surface area (Å²) in [6, 6.07) is 18.3. The fourth-order valence-corrected chi connectivity index (χ4v) is 3.28. The normalized spacial score (nSPS) is 11.0. The second-order valence-corrected chi connectivity index (χ2v) is 7.10. The Morgan fingerprint density at radius 2 is 1.82 bits per heavy atom. The van der Waals surface area contributed by atoms with E-state index in [1.54, 1.807) is 32.4 Å².